The molecule has 0 spiro atoms. The van der Waals surface area contributed by atoms with Gasteiger partial charge in [-0.1, -0.05) is 35.3 Å². The molecule has 0 saturated carbocycles. The molecular formula is C18H18Cl2N2O2. The van der Waals surface area contributed by atoms with Crippen LogP contribution in [0.25, 0.3) is 0 Å². The van der Waals surface area contributed by atoms with Crippen LogP contribution in [-0.4, -0.2) is 18.4 Å². The van der Waals surface area contributed by atoms with Crippen molar-refractivity contribution in [3.05, 3.63) is 57.6 Å². The first-order chi connectivity index (χ1) is 11.3. The number of carbonyl (C=O) groups excluding carboxylic acids is 2. The van der Waals surface area contributed by atoms with Gasteiger partial charge in [-0.15, -0.1) is 0 Å². The summed E-state index contributed by atoms with van der Waals surface area (Å²) in [6, 6.07) is 10.6. The van der Waals surface area contributed by atoms with E-state index in [0.717, 1.165) is 11.1 Å². The zero-order valence-corrected chi connectivity index (χ0v) is 15.2. The number of benzene rings is 2. The van der Waals surface area contributed by atoms with Crippen molar-refractivity contribution in [1.29, 1.82) is 0 Å². The predicted octanol–water partition coefficient (Wildman–Crippen LogP) is 4.60. The molecule has 0 aliphatic rings. The van der Waals surface area contributed by atoms with Crippen molar-refractivity contribution >= 4 is 46.4 Å². The lowest BCUT2D eigenvalue weighted by molar-refractivity contribution is -0.120. The molecule has 6 heteroatoms. The summed E-state index contributed by atoms with van der Waals surface area (Å²) in [6.45, 7) is 5.24. The van der Waals surface area contributed by atoms with E-state index < -0.39 is 0 Å². The fraction of sp³-hybridized carbons (Fsp3) is 0.222. The van der Waals surface area contributed by atoms with Gasteiger partial charge >= 0.3 is 0 Å². The Labute approximate surface area is 151 Å². The van der Waals surface area contributed by atoms with E-state index in [2.05, 4.69) is 5.32 Å². The number of para-hydroxylation sites is 1. The third kappa shape index (κ3) is 4.28. The minimum atomic E-state index is -0.376. The monoisotopic (exact) mass is 364 g/mol. The molecule has 0 radical (unpaired) electrons. The molecule has 0 fully saturated rings. The summed E-state index contributed by atoms with van der Waals surface area (Å²) in [6.07, 6.45) is 0. The summed E-state index contributed by atoms with van der Waals surface area (Å²) in [5.41, 5.74) is 3.18. The number of rotatable bonds is 4. The Morgan fingerprint density at radius 2 is 1.67 bits per heavy atom. The largest absolute Gasteiger partial charge is 0.322 e. The minimum Gasteiger partial charge on any atom is -0.322 e. The van der Waals surface area contributed by atoms with Gasteiger partial charge in [0.2, 0.25) is 11.8 Å². The van der Waals surface area contributed by atoms with Gasteiger partial charge in [0.25, 0.3) is 0 Å². The van der Waals surface area contributed by atoms with Gasteiger partial charge in [-0.05, 0) is 49.2 Å². The quantitative estimate of drug-likeness (QED) is 0.861. The predicted molar refractivity (Wildman–Crippen MR) is 99.0 cm³/mol. The van der Waals surface area contributed by atoms with Crippen LogP contribution in [0.3, 0.4) is 0 Å². The van der Waals surface area contributed by atoms with Crippen molar-refractivity contribution in [2.24, 2.45) is 0 Å². The lowest BCUT2D eigenvalue weighted by Gasteiger charge is -2.22. The topological polar surface area (TPSA) is 49.4 Å². The summed E-state index contributed by atoms with van der Waals surface area (Å²) in [7, 11) is 0. The molecule has 0 atom stereocenters. The summed E-state index contributed by atoms with van der Waals surface area (Å²) in [4.78, 5) is 25.7. The van der Waals surface area contributed by atoms with Crippen molar-refractivity contribution in [3.63, 3.8) is 0 Å². The first-order valence-corrected chi connectivity index (χ1v) is 8.14. The maximum Gasteiger partial charge on any atom is 0.244 e. The van der Waals surface area contributed by atoms with E-state index in [4.69, 9.17) is 23.2 Å². The molecule has 2 amide bonds. The highest BCUT2D eigenvalue weighted by atomic mass is 35.5. The van der Waals surface area contributed by atoms with Gasteiger partial charge in [-0.2, -0.15) is 0 Å². The fourth-order valence-corrected chi connectivity index (χ4v) is 2.71. The van der Waals surface area contributed by atoms with Crippen LogP contribution in [0.5, 0.6) is 0 Å². The fourth-order valence-electron chi connectivity index (χ4n) is 2.22. The van der Waals surface area contributed by atoms with E-state index in [0.29, 0.717) is 21.4 Å². The molecule has 0 unspecified atom stereocenters. The van der Waals surface area contributed by atoms with Crippen LogP contribution in [0.15, 0.2) is 36.4 Å². The zero-order chi connectivity index (χ0) is 17.9. The van der Waals surface area contributed by atoms with Crippen molar-refractivity contribution in [1.82, 2.24) is 0 Å². The summed E-state index contributed by atoms with van der Waals surface area (Å²) >= 11 is 12.1. The highest BCUT2D eigenvalue weighted by Gasteiger charge is 2.18. The first-order valence-electron chi connectivity index (χ1n) is 7.39. The van der Waals surface area contributed by atoms with Gasteiger partial charge in [-0.3, -0.25) is 9.59 Å². The third-order valence-electron chi connectivity index (χ3n) is 3.71. The second-order valence-corrected chi connectivity index (χ2v) is 6.33. The van der Waals surface area contributed by atoms with E-state index >= 15 is 0 Å². The number of hydrogen-bond donors (Lipinski definition) is 1. The van der Waals surface area contributed by atoms with Crippen molar-refractivity contribution in [2.45, 2.75) is 20.8 Å². The Kier molecular flexibility index (Phi) is 5.86. The number of carbonyl (C=O) groups is 2. The average Bonchev–Trinajstić information content (AvgIpc) is 2.51. The van der Waals surface area contributed by atoms with Gasteiger partial charge in [0.1, 0.15) is 6.54 Å². The number of aryl methyl sites for hydroxylation is 2. The molecule has 0 bridgehead atoms. The van der Waals surface area contributed by atoms with Crippen molar-refractivity contribution < 1.29 is 9.59 Å². The number of nitrogens with one attached hydrogen (secondary N) is 1. The minimum absolute atomic E-state index is 0.126. The molecule has 0 aromatic heterocycles. The zero-order valence-electron chi connectivity index (χ0n) is 13.7. The lowest BCUT2D eigenvalue weighted by atomic mass is 10.1. The number of halogens is 2. The molecule has 0 aliphatic carbocycles. The Morgan fingerprint density at radius 1 is 1.04 bits per heavy atom. The molecule has 24 heavy (non-hydrogen) atoms. The van der Waals surface area contributed by atoms with Crippen LogP contribution < -0.4 is 10.2 Å². The molecule has 126 valence electrons. The van der Waals surface area contributed by atoms with Gasteiger partial charge in [-0.25, -0.2) is 0 Å². The van der Waals surface area contributed by atoms with Crippen LogP contribution >= 0.6 is 23.2 Å². The number of amides is 2. The molecule has 4 nitrogen and oxygen atoms in total. The maximum atomic E-state index is 12.3. The smallest absolute Gasteiger partial charge is 0.244 e. The molecule has 2 aromatic rings. The van der Waals surface area contributed by atoms with Crippen LogP contribution in [0.1, 0.15) is 18.1 Å². The summed E-state index contributed by atoms with van der Waals surface area (Å²) < 4.78 is 0. The molecule has 1 N–H and O–H groups in total. The van der Waals surface area contributed by atoms with E-state index in [-0.39, 0.29) is 18.4 Å². The average molecular weight is 365 g/mol. The SMILES string of the molecule is CC(=O)N(CC(=O)Nc1c(Cl)cccc1Cl)c1ccc(C)c(C)c1. The Hall–Kier alpha value is -2.04. The van der Waals surface area contributed by atoms with Crippen LogP contribution in [-0.2, 0) is 9.59 Å². The highest BCUT2D eigenvalue weighted by Crippen LogP contribution is 2.29. The van der Waals surface area contributed by atoms with Gasteiger partial charge in [0, 0.05) is 12.6 Å². The number of anilines is 2. The number of hydrogen-bond acceptors (Lipinski definition) is 2. The van der Waals surface area contributed by atoms with Crippen LogP contribution in [0.4, 0.5) is 11.4 Å². The summed E-state index contributed by atoms with van der Waals surface area (Å²) in [5.74, 6) is -0.600. The molecule has 2 aromatic carbocycles. The van der Waals surface area contributed by atoms with Crippen molar-refractivity contribution in [3.8, 4) is 0 Å². The summed E-state index contributed by atoms with van der Waals surface area (Å²) in [5, 5.41) is 3.35. The molecule has 0 aliphatic heterocycles. The van der Waals surface area contributed by atoms with Crippen LogP contribution in [0, 0.1) is 13.8 Å². The molecular weight excluding hydrogens is 347 g/mol. The van der Waals surface area contributed by atoms with Crippen molar-refractivity contribution in [2.75, 3.05) is 16.8 Å². The second-order valence-electron chi connectivity index (χ2n) is 5.52. The molecule has 0 saturated heterocycles. The second kappa shape index (κ2) is 7.69. The first kappa shape index (κ1) is 18.3. The Balaban J connectivity index is 2.20. The Morgan fingerprint density at radius 3 is 2.21 bits per heavy atom. The lowest BCUT2D eigenvalue weighted by Crippen LogP contribution is -2.36. The normalized spacial score (nSPS) is 10.4. The standard InChI is InChI=1S/C18H18Cl2N2O2/c1-11-7-8-14(9-12(11)2)22(13(3)23)10-17(24)21-18-15(19)5-4-6-16(18)20/h4-9H,10H2,1-3H3,(H,21,24). The van der Waals surface area contributed by atoms with E-state index in [1.165, 1.54) is 11.8 Å². The maximum absolute atomic E-state index is 12.3. The third-order valence-corrected chi connectivity index (χ3v) is 4.34. The van der Waals surface area contributed by atoms with Gasteiger partial charge in [0.05, 0.1) is 15.7 Å². The molecule has 0 heterocycles. The number of nitrogens with zero attached hydrogens (tertiary/aromatic N) is 1. The highest BCUT2D eigenvalue weighted by molar-refractivity contribution is 6.39. The van der Waals surface area contributed by atoms with Crippen LogP contribution in [0.2, 0.25) is 10.0 Å². The van der Waals surface area contributed by atoms with E-state index in [1.54, 1.807) is 18.2 Å². The van der Waals surface area contributed by atoms with E-state index in [1.807, 2.05) is 32.0 Å². The Bertz CT molecular complexity index is 770. The van der Waals surface area contributed by atoms with Gasteiger partial charge in [0.15, 0.2) is 0 Å². The molecule has 2 rings (SSSR count). The van der Waals surface area contributed by atoms with Gasteiger partial charge < -0.3 is 10.2 Å². The van der Waals surface area contributed by atoms with E-state index in [9.17, 15) is 9.59 Å².